The van der Waals surface area contributed by atoms with Crippen molar-refractivity contribution in [2.24, 2.45) is 0 Å². The fraction of sp³-hybridized carbons (Fsp3) is 0.167. The van der Waals surface area contributed by atoms with Gasteiger partial charge in [0.1, 0.15) is 11.5 Å². The second-order valence-electron chi connectivity index (χ2n) is 3.34. The highest BCUT2D eigenvalue weighted by atomic mass is 16.5. The molecule has 0 heterocycles. The average molecular weight is 266 g/mol. The summed E-state index contributed by atoms with van der Waals surface area (Å²) < 4.78 is 10.1. The van der Waals surface area contributed by atoms with Crippen molar-refractivity contribution in [2.75, 3.05) is 19.5 Å². The molecule has 0 saturated heterocycles. The van der Waals surface area contributed by atoms with Gasteiger partial charge in [-0.25, -0.2) is 9.59 Å². The van der Waals surface area contributed by atoms with Crippen LogP contribution in [0.1, 0.15) is 0 Å². The maximum atomic E-state index is 11.5. The predicted octanol–water partition coefficient (Wildman–Crippen LogP) is 1.42. The van der Waals surface area contributed by atoms with E-state index in [0.29, 0.717) is 17.2 Å². The first-order valence-electron chi connectivity index (χ1n) is 5.26. The minimum absolute atomic E-state index is 0.428. The first-order chi connectivity index (χ1) is 9.06. The Labute approximate surface area is 109 Å². The quantitative estimate of drug-likeness (QED) is 0.700. The zero-order chi connectivity index (χ0) is 14.3. The summed E-state index contributed by atoms with van der Waals surface area (Å²) in [4.78, 5) is 21.7. The van der Waals surface area contributed by atoms with Gasteiger partial charge in [-0.05, 0) is 12.1 Å². The first kappa shape index (κ1) is 14.4. The second kappa shape index (κ2) is 6.90. The van der Waals surface area contributed by atoms with E-state index in [1.165, 1.54) is 14.2 Å². The summed E-state index contributed by atoms with van der Waals surface area (Å²) >= 11 is 0. The number of urea groups is 1. The van der Waals surface area contributed by atoms with Crippen molar-refractivity contribution in [1.82, 2.24) is 5.32 Å². The van der Waals surface area contributed by atoms with E-state index >= 15 is 0 Å². The van der Waals surface area contributed by atoms with E-state index in [2.05, 4.69) is 10.6 Å². The lowest BCUT2D eigenvalue weighted by molar-refractivity contribution is -0.131. The standard InChI is InChI=1S/C12H14N2O5/c1-18-8-3-4-9(10(7-8)19-2)14-12(17)13-6-5-11(15)16/h3-7H,1-2H3,(H,15,16)(H2,13,14,17)/b6-5+. The van der Waals surface area contributed by atoms with Crippen molar-refractivity contribution in [3.63, 3.8) is 0 Å². The molecule has 1 aromatic carbocycles. The molecule has 0 aromatic heterocycles. The second-order valence-corrected chi connectivity index (χ2v) is 3.34. The van der Waals surface area contributed by atoms with Gasteiger partial charge in [-0.15, -0.1) is 0 Å². The van der Waals surface area contributed by atoms with Crippen molar-refractivity contribution < 1.29 is 24.2 Å². The molecule has 0 aliphatic rings. The summed E-state index contributed by atoms with van der Waals surface area (Å²) in [5.41, 5.74) is 0.435. The van der Waals surface area contributed by atoms with Crippen LogP contribution in [-0.2, 0) is 4.79 Å². The molecule has 3 N–H and O–H groups in total. The summed E-state index contributed by atoms with van der Waals surface area (Å²) in [6.45, 7) is 0. The summed E-state index contributed by atoms with van der Waals surface area (Å²) in [5.74, 6) is -0.132. The van der Waals surface area contributed by atoms with Gasteiger partial charge in [0.15, 0.2) is 0 Å². The van der Waals surface area contributed by atoms with Crippen molar-refractivity contribution >= 4 is 17.7 Å². The van der Waals surface area contributed by atoms with Crippen LogP contribution in [-0.4, -0.2) is 31.3 Å². The van der Waals surface area contributed by atoms with Crippen LogP contribution >= 0.6 is 0 Å². The number of nitrogens with one attached hydrogen (secondary N) is 2. The van der Waals surface area contributed by atoms with E-state index in [0.717, 1.165) is 12.3 Å². The third-order valence-electron chi connectivity index (χ3n) is 2.10. The highest BCUT2D eigenvalue weighted by Gasteiger charge is 2.07. The Morgan fingerprint density at radius 1 is 1.26 bits per heavy atom. The monoisotopic (exact) mass is 266 g/mol. The number of benzene rings is 1. The van der Waals surface area contributed by atoms with Crippen LogP contribution in [0.5, 0.6) is 11.5 Å². The third kappa shape index (κ3) is 4.58. The molecular weight excluding hydrogens is 252 g/mol. The highest BCUT2D eigenvalue weighted by molar-refractivity contribution is 5.92. The van der Waals surface area contributed by atoms with Gasteiger partial charge in [-0.3, -0.25) is 0 Å². The molecule has 1 aromatic rings. The molecule has 2 amide bonds. The SMILES string of the molecule is COc1ccc(NC(=O)N/C=C/C(=O)O)c(OC)c1. The lowest BCUT2D eigenvalue weighted by Gasteiger charge is -2.11. The van der Waals surface area contributed by atoms with Crippen LogP contribution < -0.4 is 20.1 Å². The number of anilines is 1. The van der Waals surface area contributed by atoms with Gasteiger partial charge in [0, 0.05) is 18.3 Å². The number of carbonyl (C=O) groups excluding carboxylic acids is 1. The molecule has 0 fully saturated rings. The van der Waals surface area contributed by atoms with E-state index in [1.54, 1.807) is 18.2 Å². The number of amides is 2. The number of hydrogen-bond acceptors (Lipinski definition) is 4. The maximum Gasteiger partial charge on any atom is 0.329 e. The fourth-order valence-electron chi connectivity index (χ4n) is 1.25. The van der Waals surface area contributed by atoms with Gasteiger partial charge in [-0.2, -0.15) is 0 Å². The van der Waals surface area contributed by atoms with Gasteiger partial charge in [-0.1, -0.05) is 0 Å². The van der Waals surface area contributed by atoms with E-state index in [9.17, 15) is 9.59 Å². The Hall–Kier alpha value is -2.70. The molecule has 0 aliphatic heterocycles. The number of rotatable bonds is 5. The van der Waals surface area contributed by atoms with Gasteiger partial charge in [0.05, 0.1) is 19.9 Å². The Bertz CT molecular complexity index is 499. The molecule has 0 atom stereocenters. The zero-order valence-electron chi connectivity index (χ0n) is 10.5. The smallest absolute Gasteiger partial charge is 0.329 e. The fourth-order valence-corrected chi connectivity index (χ4v) is 1.25. The Morgan fingerprint density at radius 3 is 2.58 bits per heavy atom. The van der Waals surface area contributed by atoms with Gasteiger partial charge in [0.25, 0.3) is 0 Å². The van der Waals surface area contributed by atoms with Crippen molar-refractivity contribution in [1.29, 1.82) is 0 Å². The Kier molecular flexibility index (Phi) is 5.21. The molecule has 1 rings (SSSR count). The van der Waals surface area contributed by atoms with Crippen LogP contribution in [0.4, 0.5) is 10.5 Å². The number of methoxy groups -OCH3 is 2. The Balaban J connectivity index is 2.71. The van der Waals surface area contributed by atoms with Crippen LogP contribution in [0.2, 0.25) is 0 Å². The topological polar surface area (TPSA) is 96.9 Å². The van der Waals surface area contributed by atoms with E-state index in [1.807, 2.05) is 0 Å². The van der Waals surface area contributed by atoms with Gasteiger partial charge in [0.2, 0.25) is 0 Å². The predicted molar refractivity (Wildman–Crippen MR) is 68.5 cm³/mol. The first-order valence-corrected chi connectivity index (χ1v) is 5.26. The highest BCUT2D eigenvalue weighted by Crippen LogP contribution is 2.28. The van der Waals surface area contributed by atoms with Crippen molar-refractivity contribution in [3.8, 4) is 11.5 Å². The Morgan fingerprint density at radius 2 is 2.00 bits per heavy atom. The van der Waals surface area contributed by atoms with Crippen molar-refractivity contribution in [3.05, 3.63) is 30.5 Å². The molecule has 7 nitrogen and oxygen atoms in total. The summed E-state index contributed by atoms with van der Waals surface area (Å²) in [6, 6.07) is 4.30. The molecule has 102 valence electrons. The minimum atomic E-state index is -1.15. The average Bonchev–Trinajstić information content (AvgIpc) is 2.38. The van der Waals surface area contributed by atoms with E-state index in [4.69, 9.17) is 14.6 Å². The molecule has 0 saturated carbocycles. The molecule has 0 spiro atoms. The number of carboxylic acids is 1. The van der Waals surface area contributed by atoms with E-state index in [-0.39, 0.29) is 0 Å². The minimum Gasteiger partial charge on any atom is -0.497 e. The van der Waals surface area contributed by atoms with Gasteiger partial charge < -0.3 is 25.2 Å². The lowest BCUT2D eigenvalue weighted by Crippen LogP contribution is -2.24. The summed E-state index contributed by atoms with van der Waals surface area (Å²) in [6.07, 6.45) is 1.83. The van der Waals surface area contributed by atoms with Gasteiger partial charge >= 0.3 is 12.0 Å². The van der Waals surface area contributed by atoms with Crippen LogP contribution in [0, 0.1) is 0 Å². The molecule has 0 aliphatic carbocycles. The molecule has 7 heteroatoms. The molecule has 19 heavy (non-hydrogen) atoms. The third-order valence-corrected chi connectivity index (χ3v) is 2.10. The number of hydrogen-bond donors (Lipinski definition) is 3. The van der Waals surface area contributed by atoms with Crippen LogP contribution in [0.25, 0.3) is 0 Å². The number of ether oxygens (including phenoxy) is 2. The normalized spacial score (nSPS) is 10.0. The zero-order valence-corrected chi connectivity index (χ0v) is 10.5. The number of carboxylic acid groups (broad SMARTS) is 1. The molecule has 0 bridgehead atoms. The van der Waals surface area contributed by atoms with E-state index < -0.39 is 12.0 Å². The molecular formula is C12H14N2O5. The summed E-state index contributed by atoms with van der Waals surface area (Å²) in [7, 11) is 2.98. The molecule has 0 radical (unpaired) electrons. The lowest BCUT2D eigenvalue weighted by atomic mass is 10.2. The summed E-state index contributed by atoms with van der Waals surface area (Å²) in [5, 5.41) is 13.1. The largest absolute Gasteiger partial charge is 0.497 e. The van der Waals surface area contributed by atoms with Crippen molar-refractivity contribution in [2.45, 2.75) is 0 Å². The number of aliphatic carboxylic acids is 1. The maximum absolute atomic E-state index is 11.5. The molecule has 0 unspecified atom stereocenters. The van der Waals surface area contributed by atoms with Crippen LogP contribution in [0.3, 0.4) is 0 Å². The van der Waals surface area contributed by atoms with Crippen LogP contribution in [0.15, 0.2) is 30.5 Å². The number of carbonyl (C=O) groups is 2.